The van der Waals surface area contributed by atoms with E-state index in [2.05, 4.69) is 52.7 Å². The van der Waals surface area contributed by atoms with Gasteiger partial charge in [-0.25, -0.2) is 0 Å². The molecule has 0 radical (unpaired) electrons. The molecule has 3 saturated heterocycles. The van der Waals surface area contributed by atoms with Gasteiger partial charge in [0.1, 0.15) is 0 Å². The Hall–Kier alpha value is -1.46. The number of amides is 1. The highest BCUT2D eigenvalue weighted by Crippen LogP contribution is 2.53. The van der Waals surface area contributed by atoms with Crippen molar-refractivity contribution in [2.45, 2.75) is 64.6 Å². The summed E-state index contributed by atoms with van der Waals surface area (Å²) in [5, 5.41) is 0. The summed E-state index contributed by atoms with van der Waals surface area (Å²) in [4.78, 5) is 25.5. The minimum atomic E-state index is -0.184. The highest BCUT2D eigenvalue weighted by Gasteiger charge is 2.59. The molecular formula is C22H34N4O. The van der Waals surface area contributed by atoms with Crippen LogP contribution in [0.15, 0.2) is 18.3 Å². The number of aromatic nitrogens is 1. The molecule has 3 aliphatic heterocycles. The van der Waals surface area contributed by atoms with Gasteiger partial charge in [0.2, 0.25) is 5.91 Å². The third kappa shape index (κ3) is 3.40. The fourth-order valence-electron chi connectivity index (χ4n) is 5.65. The van der Waals surface area contributed by atoms with Crippen LogP contribution in [-0.2, 0) is 11.3 Å². The van der Waals surface area contributed by atoms with Crippen LogP contribution >= 0.6 is 0 Å². The van der Waals surface area contributed by atoms with Gasteiger partial charge >= 0.3 is 0 Å². The molecule has 0 saturated carbocycles. The number of nitrogens with zero attached hydrogens (tertiary/aromatic N) is 4. The molecule has 3 atom stereocenters. The maximum absolute atomic E-state index is 13.7. The molecule has 4 rings (SSSR count). The molecule has 2 bridgehead atoms. The summed E-state index contributed by atoms with van der Waals surface area (Å²) in [5.41, 5.74) is 2.15. The van der Waals surface area contributed by atoms with Crippen LogP contribution in [0.2, 0.25) is 0 Å². The van der Waals surface area contributed by atoms with Crippen molar-refractivity contribution in [3.8, 4) is 0 Å². The zero-order valence-electron chi connectivity index (χ0n) is 17.2. The standard InChI is InChI=1S/C22H34N4O/c1-4-22(21(27)25-11-5-10-24(3)12-13-25)14-19-8-9-20(22)26(19)16-18-7-6-17(2)15-23-18/h6-7,15,19-20H,4-5,8-14,16H2,1-3H3/t19-,20+,22+/m0/s1. The van der Waals surface area contributed by atoms with Crippen LogP contribution < -0.4 is 0 Å². The lowest BCUT2D eigenvalue weighted by atomic mass is 9.70. The Morgan fingerprint density at radius 1 is 1.22 bits per heavy atom. The SMILES string of the molecule is CC[C@@]1(C(=O)N2CCCN(C)CC2)C[C@@H]2CC[C@H]1N2Cc1ccc(C)cn1. The number of carbonyl (C=O) groups is 1. The normalized spacial score (nSPS) is 32.0. The molecule has 0 N–H and O–H groups in total. The molecule has 1 aromatic rings. The second-order valence-corrected chi connectivity index (χ2v) is 8.91. The molecule has 0 aromatic carbocycles. The van der Waals surface area contributed by atoms with Crippen LogP contribution in [0, 0.1) is 12.3 Å². The smallest absolute Gasteiger partial charge is 0.230 e. The number of fused-ring (bicyclic) bond motifs is 2. The fraction of sp³-hybridized carbons (Fsp3) is 0.727. The molecule has 0 aliphatic carbocycles. The van der Waals surface area contributed by atoms with Gasteiger partial charge in [-0.2, -0.15) is 0 Å². The molecule has 5 heteroatoms. The van der Waals surface area contributed by atoms with Crippen LogP contribution in [0.5, 0.6) is 0 Å². The van der Waals surface area contributed by atoms with Crippen LogP contribution in [0.25, 0.3) is 0 Å². The predicted octanol–water partition coefficient (Wildman–Crippen LogP) is 2.69. The van der Waals surface area contributed by atoms with E-state index in [1.165, 1.54) is 12.0 Å². The van der Waals surface area contributed by atoms with Crippen LogP contribution in [0.1, 0.15) is 50.3 Å². The highest BCUT2D eigenvalue weighted by molar-refractivity contribution is 5.84. The Morgan fingerprint density at radius 3 is 2.81 bits per heavy atom. The summed E-state index contributed by atoms with van der Waals surface area (Å²) in [6, 6.07) is 5.21. The van der Waals surface area contributed by atoms with Crippen molar-refractivity contribution in [2.75, 3.05) is 33.2 Å². The number of pyridine rings is 1. The van der Waals surface area contributed by atoms with Crippen molar-refractivity contribution in [3.63, 3.8) is 0 Å². The molecule has 3 aliphatic rings. The molecule has 148 valence electrons. The second kappa shape index (κ2) is 7.51. The zero-order valence-corrected chi connectivity index (χ0v) is 17.2. The summed E-state index contributed by atoms with van der Waals surface area (Å²) in [5.74, 6) is 0.425. The molecule has 4 heterocycles. The van der Waals surface area contributed by atoms with E-state index < -0.39 is 0 Å². The monoisotopic (exact) mass is 370 g/mol. The lowest BCUT2D eigenvalue weighted by molar-refractivity contribution is -0.144. The molecule has 1 amide bonds. The van der Waals surface area contributed by atoms with E-state index in [0.717, 1.165) is 64.1 Å². The molecule has 0 spiro atoms. The Kier molecular flexibility index (Phi) is 5.26. The van der Waals surface area contributed by atoms with Crippen molar-refractivity contribution in [1.29, 1.82) is 0 Å². The third-order valence-electron chi connectivity index (χ3n) is 7.26. The van der Waals surface area contributed by atoms with E-state index in [-0.39, 0.29) is 5.41 Å². The van der Waals surface area contributed by atoms with Crippen molar-refractivity contribution in [2.24, 2.45) is 5.41 Å². The van der Waals surface area contributed by atoms with Gasteiger partial charge in [0.25, 0.3) is 0 Å². The van der Waals surface area contributed by atoms with Crippen molar-refractivity contribution >= 4 is 5.91 Å². The highest BCUT2D eigenvalue weighted by atomic mass is 16.2. The molecule has 27 heavy (non-hydrogen) atoms. The van der Waals surface area contributed by atoms with Crippen LogP contribution in [0.4, 0.5) is 0 Å². The molecule has 3 fully saturated rings. The van der Waals surface area contributed by atoms with Gasteiger partial charge in [-0.1, -0.05) is 13.0 Å². The van der Waals surface area contributed by atoms with E-state index in [1.54, 1.807) is 0 Å². The first-order chi connectivity index (χ1) is 13.0. The molecule has 1 aromatic heterocycles. The number of hydrogen-bond donors (Lipinski definition) is 0. The predicted molar refractivity (Wildman–Crippen MR) is 107 cm³/mol. The van der Waals surface area contributed by atoms with Crippen molar-refractivity contribution < 1.29 is 4.79 Å². The zero-order chi connectivity index (χ0) is 19.0. The lowest BCUT2D eigenvalue weighted by Gasteiger charge is -2.39. The Bertz CT molecular complexity index is 675. The van der Waals surface area contributed by atoms with E-state index in [0.29, 0.717) is 18.0 Å². The van der Waals surface area contributed by atoms with Gasteiger partial charge in [0.05, 0.1) is 11.1 Å². The minimum Gasteiger partial charge on any atom is -0.341 e. The first kappa shape index (κ1) is 18.9. The van der Waals surface area contributed by atoms with Crippen LogP contribution in [-0.4, -0.2) is 70.9 Å². The van der Waals surface area contributed by atoms with E-state index in [1.807, 2.05) is 6.20 Å². The topological polar surface area (TPSA) is 39.7 Å². The third-order valence-corrected chi connectivity index (χ3v) is 7.26. The van der Waals surface area contributed by atoms with Gasteiger partial charge in [-0.15, -0.1) is 0 Å². The fourth-order valence-corrected chi connectivity index (χ4v) is 5.65. The number of likely N-dealkylation sites (N-methyl/N-ethyl adjacent to an activating group) is 1. The average Bonchev–Trinajstić information content (AvgIpc) is 3.11. The Morgan fingerprint density at radius 2 is 2.07 bits per heavy atom. The summed E-state index contributed by atoms with van der Waals surface area (Å²) < 4.78 is 0. The number of rotatable bonds is 4. The molecular weight excluding hydrogens is 336 g/mol. The van der Waals surface area contributed by atoms with Gasteiger partial charge < -0.3 is 9.80 Å². The number of aryl methyl sites for hydroxylation is 1. The van der Waals surface area contributed by atoms with Gasteiger partial charge in [-0.05, 0) is 64.3 Å². The van der Waals surface area contributed by atoms with Crippen LogP contribution in [0.3, 0.4) is 0 Å². The van der Waals surface area contributed by atoms with E-state index in [4.69, 9.17) is 0 Å². The Labute approximate surface area is 163 Å². The van der Waals surface area contributed by atoms with Gasteiger partial charge in [0.15, 0.2) is 0 Å². The first-order valence-corrected chi connectivity index (χ1v) is 10.7. The summed E-state index contributed by atoms with van der Waals surface area (Å²) >= 11 is 0. The molecule has 0 unspecified atom stereocenters. The number of hydrogen-bond acceptors (Lipinski definition) is 4. The summed E-state index contributed by atoms with van der Waals surface area (Å²) in [7, 11) is 2.16. The summed E-state index contributed by atoms with van der Waals surface area (Å²) in [6.07, 6.45) is 7.42. The van der Waals surface area contributed by atoms with Crippen molar-refractivity contribution in [3.05, 3.63) is 29.6 Å². The largest absolute Gasteiger partial charge is 0.341 e. The maximum atomic E-state index is 13.7. The van der Waals surface area contributed by atoms with Gasteiger partial charge in [-0.3, -0.25) is 14.7 Å². The summed E-state index contributed by atoms with van der Waals surface area (Å²) in [6.45, 7) is 9.08. The lowest BCUT2D eigenvalue weighted by Crippen LogP contribution is -2.51. The van der Waals surface area contributed by atoms with E-state index >= 15 is 0 Å². The van der Waals surface area contributed by atoms with E-state index in [9.17, 15) is 4.79 Å². The Balaban J connectivity index is 1.53. The average molecular weight is 371 g/mol. The van der Waals surface area contributed by atoms with Crippen molar-refractivity contribution in [1.82, 2.24) is 19.7 Å². The quantitative estimate of drug-likeness (QED) is 0.817. The first-order valence-electron chi connectivity index (χ1n) is 10.7. The number of carbonyl (C=O) groups excluding carboxylic acids is 1. The second-order valence-electron chi connectivity index (χ2n) is 8.91. The van der Waals surface area contributed by atoms with Gasteiger partial charge in [0, 0.05) is 44.5 Å². The molecule has 5 nitrogen and oxygen atoms in total. The maximum Gasteiger partial charge on any atom is 0.230 e. The minimum absolute atomic E-state index is 0.184.